The highest BCUT2D eigenvalue weighted by Crippen LogP contribution is 2.30. The molecular weight excluding hydrogens is 310 g/mol. The highest BCUT2D eigenvalue weighted by molar-refractivity contribution is 5.22. The van der Waals surface area contributed by atoms with Crippen LogP contribution in [0.1, 0.15) is 36.2 Å². The van der Waals surface area contributed by atoms with Gasteiger partial charge in [-0.1, -0.05) is 30.3 Å². The molecule has 0 spiro atoms. The number of hydrogen-bond donors (Lipinski definition) is 0. The van der Waals surface area contributed by atoms with Crippen LogP contribution in [-0.4, -0.2) is 44.1 Å². The lowest BCUT2D eigenvalue weighted by Crippen LogP contribution is -2.31. The lowest BCUT2D eigenvalue weighted by molar-refractivity contribution is 0.247. The van der Waals surface area contributed by atoms with E-state index in [-0.39, 0.29) is 6.04 Å². The number of hydrogen-bond acceptors (Lipinski definition) is 3. The summed E-state index contributed by atoms with van der Waals surface area (Å²) in [5.74, 6) is 1.77. The van der Waals surface area contributed by atoms with Gasteiger partial charge in [0.15, 0.2) is 0 Å². The average Bonchev–Trinajstić information content (AvgIpc) is 3.33. The summed E-state index contributed by atoms with van der Waals surface area (Å²) in [7, 11) is 2.20. The Morgan fingerprint density at radius 3 is 2.60 bits per heavy atom. The second kappa shape index (κ2) is 7.23. The van der Waals surface area contributed by atoms with Crippen molar-refractivity contribution in [2.24, 2.45) is 0 Å². The topological polar surface area (TPSA) is 38.9 Å². The van der Waals surface area contributed by atoms with Crippen LogP contribution in [0.15, 0.2) is 61.4 Å². The predicted octanol–water partition coefficient (Wildman–Crippen LogP) is 3.18. The minimum Gasteiger partial charge on any atom is -0.335 e. The van der Waals surface area contributed by atoms with Gasteiger partial charge in [0, 0.05) is 37.3 Å². The van der Waals surface area contributed by atoms with Crippen LogP contribution in [0.4, 0.5) is 0 Å². The minimum absolute atomic E-state index is 0.229. The van der Waals surface area contributed by atoms with Crippen molar-refractivity contribution in [2.45, 2.75) is 31.3 Å². The van der Waals surface area contributed by atoms with Gasteiger partial charge >= 0.3 is 0 Å². The molecule has 1 aliphatic rings. The molecule has 0 amide bonds. The van der Waals surface area contributed by atoms with Crippen molar-refractivity contribution < 1.29 is 0 Å². The van der Waals surface area contributed by atoms with Gasteiger partial charge in [-0.3, -0.25) is 0 Å². The SMILES string of the molecule is CN1CCC(c2nccn2C(Cn2ccnc2)c2ccccc2)CC1. The lowest BCUT2D eigenvalue weighted by Gasteiger charge is -2.31. The van der Waals surface area contributed by atoms with E-state index in [4.69, 9.17) is 4.98 Å². The normalized spacial score (nSPS) is 17.6. The zero-order valence-electron chi connectivity index (χ0n) is 14.7. The smallest absolute Gasteiger partial charge is 0.112 e. The van der Waals surface area contributed by atoms with Gasteiger partial charge in [-0.15, -0.1) is 0 Å². The molecule has 130 valence electrons. The van der Waals surface area contributed by atoms with Crippen LogP contribution in [0.2, 0.25) is 0 Å². The molecule has 1 saturated heterocycles. The van der Waals surface area contributed by atoms with Crippen LogP contribution in [0, 0.1) is 0 Å². The fourth-order valence-electron chi connectivity index (χ4n) is 3.79. The van der Waals surface area contributed by atoms with Crippen molar-refractivity contribution in [1.29, 1.82) is 0 Å². The molecule has 0 saturated carbocycles. The fourth-order valence-corrected chi connectivity index (χ4v) is 3.79. The third-order valence-corrected chi connectivity index (χ3v) is 5.25. The van der Waals surface area contributed by atoms with E-state index in [1.54, 1.807) is 0 Å². The zero-order valence-corrected chi connectivity index (χ0v) is 14.7. The van der Waals surface area contributed by atoms with Gasteiger partial charge in [0.05, 0.1) is 12.4 Å². The molecule has 3 heterocycles. The average molecular weight is 335 g/mol. The summed E-state index contributed by atoms with van der Waals surface area (Å²) in [6.07, 6.45) is 12.2. The summed E-state index contributed by atoms with van der Waals surface area (Å²) in [4.78, 5) is 11.4. The minimum atomic E-state index is 0.229. The first-order chi connectivity index (χ1) is 12.3. The molecule has 25 heavy (non-hydrogen) atoms. The lowest BCUT2D eigenvalue weighted by atomic mass is 9.95. The number of imidazole rings is 2. The van der Waals surface area contributed by atoms with Crippen LogP contribution < -0.4 is 0 Å². The van der Waals surface area contributed by atoms with Crippen molar-refractivity contribution in [3.8, 4) is 0 Å². The number of likely N-dealkylation sites (tertiary alicyclic amines) is 1. The van der Waals surface area contributed by atoms with E-state index in [2.05, 4.69) is 62.6 Å². The predicted molar refractivity (Wildman–Crippen MR) is 98.5 cm³/mol. The molecular formula is C20H25N5. The third-order valence-electron chi connectivity index (χ3n) is 5.25. The van der Waals surface area contributed by atoms with Crippen LogP contribution in [-0.2, 0) is 6.54 Å². The number of aromatic nitrogens is 4. The molecule has 0 radical (unpaired) electrons. The van der Waals surface area contributed by atoms with Crippen LogP contribution in [0.3, 0.4) is 0 Å². The van der Waals surface area contributed by atoms with Gasteiger partial charge in [0.1, 0.15) is 5.82 Å². The maximum atomic E-state index is 4.76. The van der Waals surface area contributed by atoms with Crippen LogP contribution >= 0.6 is 0 Å². The van der Waals surface area contributed by atoms with Crippen LogP contribution in [0.25, 0.3) is 0 Å². The number of nitrogens with zero attached hydrogens (tertiary/aromatic N) is 5. The van der Waals surface area contributed by atoms with Crippen molar-refractivity contribution in [1.82, 2.24) is 24.0 Å². The van der Waals surface area contributed by atoms with Gasteiger partial charge in [-0.05, 0) is 38.5 Å². The summed E-state index contributed by atoms with van der Waals surface area (Å²) < 4.78 is 4.53. The molecule has 0 N–H and O–H groups in total. The number of rotatable bonds is 5. The molecule has 1 fully saturated rings. The first-order valence-corrected chi connectivity index (χ1v) is 9.03. The highest BCUT2D eigenvalue weighted by atomic mass is 15.1. The standard InChI is InChI=1S/C20H25N5/c1-23-11-7-18(8-12-23)20-22-10-14-25(20)19(15-24-13-9-21-16-24)17-5-3-2-4-6-17/h2-6,9-10,13-14,16,18-19H,7-8,11-12,15H2,1H3. The van der Waals surface area contributed by atoms with Crippen molar-refractivity contribution in [3.05, 3.63) is 72.8 Å². The summed E-state index contributed by atoms with van der Waals surface area (Å²) in [6, 6.07) is 10.9. The van der Waals surface area contributed by atoms with Crippen molar-refractivity contribution in [2.75, 3.05) is 20.1 Å². The summed E-state index contributed by atoms with van der Waals surface area (Å²) in [6.45, 7) is 3.16. The molecule has 0 bridgehead atoms. The molecule has 4 rings (SSSR count). The van der Waals surface area contributed by atoms with Crippen molar-refractivity contribution >= 4 is 0 Å². The van der Waals surface area contributed by atoms with E-state index < -0.39 is 0 Å². The molecule has 2 aromatic heterocycles. The van der Waals surface area contributed by atoms with Gasteiger partial charge in [-0.25, -0.2) is 9.97 Å². The zero-order chi connectivity index (χ0) is 17.1. The Hall–Kier alpha value is -2.40. The Morgan fingerprint density at radius 2 is 1.88 bits per heavy atom. The first kappa shape index (κ1) is 16.1. The second-order valence-electron chi connectivity index (χ2n) is 6.96. The Kier molecular flexibility index (Phi) is 4.65. The molecule has 1 atom stereocenters. The van der Waals surface area contributed by atoms with E-state index in [0.717, 1.165) is 19.6 Å². The molecule has 3 aromatic rings. The largest absolute Gasteiger partial charge is 0.335 e. The summed E-state index contributed by atoms with van der Waals surface area (Å²) >= 11 is 0. The number of benzene rings is 1. The second-order valence-corrected chi connectivity index (χ2v) is 6.96. The highest BCUT2D eigenvalue weighted by Gasteiger charge is 2.25. The Morgan fingerprint density at radius 1 is 1.08 bits per heavy atom. The van der Waals surface area contributed by atoms with Gasteiger partial charge in [0.2, 0.25) is 0 Å². The number of piperidine rings is 1. The third kappa shape index (κ3) is 3.51. The van der Waals surface area contributed by atoms with Gasteiger partial charge < -0.3 is 14.0 Å². The molecule has 0 aliphatic carbocycles. The van der Waals surface area contributed by atoms with Crippen molar-refractivity contribution in [3.63, 3.8) is 0 Å². The Labute approximate surface area is 148 Å². The van der Waals surface area contributed by atoms with Gasteiger partial charge in [0.25, 0.3) is 0 Å². The van der Waals surface area contributed by atoms with E-state index in [0.29, 0.717) is 5.92 Å². The first-order valence-electron chi connectivity index (χ1n) is 9.03. The molecule has 1 unspecified atom stereocenters. The summed E-state index contributed by atoms with van der Waals surface area (Å²) in [5.41, 5.74) is 1.31. The Bertz CT molecular complexity index is 770. The summed E-state index contributed by atoms with van der Waals surface area (Å²) in [5, 5.41) is 0. The van der Waals surface area contributed by atoms with Crippen LogP contribution in [0.5, 0.6) is 0 Å². The maximum Gasteiger partial charge on any atom is 0.112 e. The van der Waals surface area contributed by atoms with E-state index in [1.165, 1.54) is 24.2 Å². The fraction of sp³-hybridized carbons (Fsp3) is 0.400. The Balaban J connectivity index is 1.67. The van der Waals surface area contributed by atoms with Gasteiger partial charge in [-0.2, -0.15) is 0 Å². The van der Waals surface area contributed by atoms with E-state index in [9.17, 15) is 0 Å². The van der Waals surface area contributed by atoms with E-state index in [1.807, 2.05) is 24.9 Å². The molecule has 5 nitrogen and oxygen atoms in total. The molecule has 5 heteroatoms. The molecule has 1 aromatic carbocycles. The monoisotopic (exact) mass is 335 g/mol. The molecule has 1 aliphatic heterocycles. The maximum absolute atomic E-state index is 4.76. The quantitative estimate of drug-likeness (QED) is 0.719. The van der Waals surface area contributed by atoms with E-state index >= 15 is 0 Å².